The zero-order valence-electron chi connectivity index (χ0n) is 14.9. The van der Waals surface area contributed by atoms with Crippen molar-refractivity contribution >= 4 is 5.97 Å². The van der Waals surface area contributed by atoms with E-state index in [9.17, 15) is 9.90 Å². The summed E-state index contributed by atoms with van der Waals surface area (Å²) in [5.74, 6) is -0.000860. The molecule has 140 valence electrons. The quantitative estimate of drug-likeness (QED) is 0.730. The summed E-state index contributed by atoms with van der Waals surface area (Å²) in [6.07, 6.45) is 10.2. The van der Waals surface area contributed by atoms with Crippen LogP contribution in [0.5, 0.6) is 0 Å². The summed E-state index contributed by atoms with van der Waals surface area (Å²) in [5, 5.41) is 27.6. The van der Waals surface area contributed by atoms with Crippen LogP contribution in [0.4, 0.5) is 0 Å². The van der Waals surface area contributed by atoms with Crippen LogP contribution < -0.4 is 0 Å². The second kappa shape index (κ2) is 7.57. The van der Waals surface area contributed by atoms with Gasteiger partial charge >= 0.3 is 5.97 Å². The van der Waals surface area contributed by atoms with Crippen LogP contribution in [0.1, 0.15) is 67.3 Å². The van der Waals surface area contributed by atoms with Crippen LogP contribution in [-0.4, -0.2) is 54.7 Å². The molecule has 1 aliphatic heterocycles. The lowest BCUT2D eigenvalue weighted by atomic mass is 9.85. The standard InChI is InChI=1S/C18H26N6O2/c25-17(26)6-13-9-24(11-15(13)16-8-20-23-21-16)10-14-7-19-22-18(14)12-4-2-1-3-5-12/h7-8,12-13,15H,1-6,9-11H2,(H,19,22)(H,25,26)(H,20,21,23)/t13-,15+/m0/s1. The molecular weight excluding hydrogens is 332 g/mol. The maximum atomic E-state index is 11.3. The average Bonchev–Trinajstić information content (AvgIpc) is 3.36. The number of H-pyrrole nitrogens is 2. The fourth-order valence-corrected chi connectivity index (χ4v) is 4.68. The summed E-state index contributed by atoms with van der Waals surface area (Å²) >= 11 is 0. The number of carboxylic acid groups (broad SMARTS) is 1. The van der Waals surface area contributed by atoms with Crippen molar-refractivity contribution in [3.63, 3.8) is 0 Å². The number of likely N-dealkylation sites (tertiary alicyclic amines) is 1. The van der Waals surface area contributed by atoms with Gasteiger partial charge in [0.15, 0.2) is 0 Å². The largest absolute Gasteiger partial charge is 0.481 e. The molecule has 26 heavy (non-hydrogen) atoms. The number of aliphatic carboxylic acids is 1. The van der Waals surface area contributed by atoms with Crippen LogP contribution in [-0.2, 0) is 11.3 Å². The molecule has 8 heteroatoms. The molecule has 3 heterocycles. The topological polar surface area (TPSA) is 111 Å². The Morgan fingerprint density at radius 1 is 1.19 bits per heavy atom. The zero-order chi connectivity index (χ0) is 17.9. The van der Waals surface area contributed by atoms with Crippen LogP contribution >= 0.6 is 0 Å². The minimum atomic E-state index is -0.753. The number of carboxylic acids is 1. The summed E-state index contributed by atoms with van der Waals surface area (Å²) in [6, 6.07) is 0. The lowest BCUT2D eigenvalue weighted by Gasteiger charge is -2.23. The van der Waals surface area contributed by atoms with Crippen molar-refractivity contribution in [1.82, 2.24) is 30.5 Å². The molecule has 0 unspecified atom stereocenters. The van der Waals surface area contributed by atoms with Crippen LogP contribution in [0, 0.1) is 5.92 Å². The summed E-state index contributed by atoms with van der Waals surface area (Å²) in [4.78, 5) is 13.6. The SMILES string of the molecule is O=C(O)C[C@H]1CN(Cc2cn[nH]c2C2CCCCC2)C[C@H]1c1cn[nH]n1. The Bertz CT molecular complexity index is 722. The van der Waals surface area contributed by atoms with E-state index in [0.717, 1.165) is 25.3 Å². The van der Waals surface area contributed by atoms with E-state index < -0.39 is 5.97 Å². The van der Waals surface area contributed by atoms with Gasteiger partial charge in [0.25, 0.3) is 0 Å². The minimum Gasteiger partial charge on any atom is -0.481 e. The number of nitrogens with zero attached hydrogens (tertiary/aromatic N) is 4. The third-order valence-electron chi connectivity index (χ3n) is 5.93. The predicted molar refractivity (Wildman–Crippen MR) is 94.6 cm³/mol. The Labute approximate surface area is 152 Å². The van der Waals surface area contributed by atoms with Crippen molar-refractivity contribution in [2.75, 3.05) is 13.1 Å². The summed E-state index contributed by atoms with van der Waals surface area (Å²) in [7, 11) is 0. The number of rotatable bonds is 6. The van der Waals surface area contributed by atoms with Gasteiger partial charge in [-0.05, 0) is 18.8 Å². The normalized spacial score (nSPS) is 24.9. The highest BCUT2D eigenvalue weighted by molar-refractivity contribution is 5.67. The van der Waals surface area contributed by atoms with E-state index in [-0.39, 0.29) is 18.3 Å². The van der Waals surface area contributed by atoms with Crippen molar-refractivity contribution in [3.05, 3.63) is 29.3 Å². The molecule has 2 aliphatic rings. The van der Waals surface area contributed by atoms with E-state index in [4.69, 9.17) is 0 Å². The highest BCUT2D eigenvalue weighted by Gasteiger charge is 2.37. The Morgan fingerprint density at radius 3 is 2.77 bits per heavy atom. The van der Waals surface area contributed by atoms with E-state index in [1.807, 2.05) is 6.20 Å². The van der Waals surface area contributed by atoms with Crippen LogP contribution in [0.3, 0.4) is 0 Å². The molecule has 2 aromatic rings. The van der Waals surface area contributed by atoms with E-state index in [1.165, 1.54) is 43.4 Å². The van der Waals surface area contributed by atoms with Gasteiger partial charge in [0.1, 0.15) is 0 Å². The second-order valence-corrected chi connectivity index (χ2v) is 7.70. The van der Waals surface area contributed by atoms with Crippen LogP contribution in [0.2, 0.25) is 0 Å². The fraction of sp³-hybridized carbons (Fsp3) is 0.667. The molecule has 0 radical (unpaired) electrons. The summed E-state index contributed by atoms with van der Waals surface area (Å²) in [5.41, 5.74) is 3.40. The third kappa shape index (κ3) is 3.65. The molecule has 2 aromatic heterocycles. The van der Waals surface area contributed by atoms with E-state index >= 15 is 0 Å². The molecule has 0 spiro atoms. The number of carbonyl (C=O) groups is 1. The smallest absolute Gasteiger partial charge is 0.303 e. The maximum Gasteiger partial charge on any atom is 0.303 e. The molecule has 3 N–H and O–H groups in total. The van der Waals surface area contributed by atoms with Gasteiger partial charge < -0.3 is 5.11 Å². The monoisotopic (exact) mass is 358 g/mol. The van der Waals surface area contributed by atoms with Gasteiger partial charge in [0, 0.05) is 42.7 Å². The van der Waals surface area contributed by atoms with Gasteiger partial charge in [-0.15, -0.1) is 0 Å². The van der Waals surface area contributed by atoms with E-state index in [1.54, 1.807) is 6.20 Å². The number of hydrogen-bond donors (Lipinski definition) is 3. The highest BCUT2D eigenvalue weighted by Crippen LogP contribution is 2.37. The average molecular weight is 358 g/mol. The summed E-state index contributed by atoms with van der Waals surface area (Å²) < 4.78 is 0. The zero-order valence-corrected chi connectivity index (χ0v) is 14.9. The molecular formula is C18H26N6O2. The Morgan fingerprint density at radius 2 is 2.04 bits per heavy atom. The molecule has 2 fully saturated rings. The molecule has 1 saturated carbocycles. The number of aromatic amines is 2. The summed E-state index contributed by atoms with van der Waals surface area (Å²) in [6.45, 7) is 2.38. The van der Waals surface area contributed by atoms with Gasteiger partial charge in [0.05, 0.1) is 24.5 Å². The second-order valence-electron chi connectivity index (χ2n) is 7.70. The third-order valence-corrected chi connectivity index (χ3v) is 5.93. The number of nitrogens with one attached hydrogen (secondary N) is 2. The first-order chi connectivity index (χ1) is 12.7. The molecule has 8 nitrogen and oxygen atoms in total. The molecule has 0 amide bonds. The molecule has 1 saturated heterocycles. The van der Waals surface area contributed by atoms with Crippen molar-refractivity contribution < 1.29 is 9.90 Å². The number of aromatic nitrogens is 5. The molecule has 0 aromatic carbocycles. The van der Waals surface area contributed by atoms with E-state index in [2.05, 4.69) is 30.5 Å². The van der Waals surface area contributed by atoms with Crippen molar-refractivity contribution in [2.45, 2.75) is 56.9 Å². The molecule has 1 aliphatic carbocycles. The van der Waals surface area contributed by atoms with Gasteiger partial charge in [-0.25, -0.2) is 0 Å². The Balaban J connectivity index is 1.47. The first kappa shape index (κ1) is 17.2. The lowest BCUT2D eigenvalue weighted by Crippen LogP contribution is -2.22. The molecule has 4 rings (SSSR count). The fourth-order valence-electron chi connectivity index (χ4n) is 4.68. The first-order valence-electron chi connectivity index (χ1n) is 9.52. The van der Waals surface area contributed by atoms with Gasteiger partial charge in [0.2, 0.25) is 0 Å². The van der Waals surface area contributed by atoms with Gasteiger partial charge in [-0.3, -0.25) is 14.8 Å². The van der Waals surface area contributed by atoms with Crippen LogP contribution in [0.25, 0.3) is 0 Å². The highest BCUT2D eigenvalue weighted by atomic mass is 16.4. The Hall–Kier alpha value is -2.22. The first-order valence-corrected chi connectivity index (χ1v) is 9.52. The lowest BCUT2D eigenvalue weighted by molar-refractivity contribution is -0.138. The van der Waals surface area contributed by atoms with Crippen LogP contribution in [0.15, 0.2) is 12.4 Å². The van der Waals surface area contributed by atoms with E-state index in [0.29, 0.717) is 5.92 Å². The molecule has 2 atom stereocenters. The van der Waals surface area contributed by atoms with Crippen molar-refractivity contribution in [1.29, 1.82) is 0 Å². The van der Waals surface area contributed by atoms with Gasteiger partial charge in [-0.2, -0.15) is 20.5 Å². The van der Waals surface area contributed by atoms with Crippen molar-refractivity contribution in [2.24, 2.45) is 5.92 Å². The molecule has 0 bridgehead atoms. The van der Waals surface area contributed by atoms with Gasteiger partial charge in [-0.1, -0.05) is 19.3 Å². The van der Waals surface area contributed by atoms with Crippen molar-refractivity contribution in [3.8, 4) is 0 Å². The number of hydrogen-bond acceptors (Lipinski definition) is 5. The predicted octanol–water partition coefficient (Wildman–Crippen LogP) is 2.27. The minimum absolute atomic E-state index is 0.0580. The maximum absolute atomic E-state index is 11.3. The Kier molecular flexibility index (Phi) is 5.01.